The van der Waals surface area contributed by atoms with Crippen LogP contribution in [0.2, 0.25) is 0 Å². The number of imidazole rings is 1. The van der Waals surface area contributed by atoms with Crippen LogP contribution in [0.15, 0.2) is 61.2 Å². The summed E-state index contributed by atoms with van der Waals surface area (Å²) in [5.41, 5.74) is 9.23. The molecule has 19 heavy (non-hydrogen) atoms. The molecule has 0 aliphatic heterocycles. The van der Waals surface area contributed by atoms with Gasteiger partial charge in [0.15, 0.2) is 0 Å². The van der Waals surface area contributed by atoms with E-state index < -0.39 is 0 Å². The number of anilines is 1. The van der Waals surface area contributed by atoms with Crippen molar-refractivity contribution in [3.05, 3.63) is 67.0 Å². The molecule has 0 radical (unpaired) electrons. The fourth-order valence-electron chi connectivity index (χ4n) is 2.04. The number of halogens is 1. The lowest BCUT2D eigenvalue weighted by molar-refractivity contribution is 0.628. The maximum Gasteiger partial charge on any atom is 0.123 e. The van der Waals surface area contributed by atoms with Crippen molar-refractivity contribution in [2.24, 2.45) is 0 Å². The Morgan fingerprint density at radius 3 is 2.58 bits per heavy atom. The van der Waals surface area contributed by atoms with E-state index in [0.29, 0.717) is 5.69 Å². The molecule has 0 amide bonds. The molecule has 3 nitrogen and oxygen atoms in total. The molecular weight excluding hydrogens is 241 g/mol. The van der Waals surface area contributed by atoms with Crippen LogP contribution in [0.4, 0.5) is 10.1 Å². The highest BCUT2D eigenvalue weighted by Crippen LogP contribution is 2.26. The SMILES string of the molecule is Nc1cc(-c2cccc(F)c2)ccc1-n1ccnc1. The molecule has 0 saturated heterocycles. The summed E-state index contributed by atoms with van der Waals surface area (Å²) in [6, 6.07) is 12.1. The van der Waals surface area contributed by atoms with E-state index in [1.807, 2.05) is 35.0 Å². The van der Waals surface area contributed by atoms with Gasteiger partial charge in [-0.15, -0.1) is 0 Å². The van der Waals surface area contributed by atoms with Crippen LogP contribution >= 0.6 is 0 Å². The van der Waals surface area contributed by atoms with Crippen LogP contribution in [-0.4, -0.2) is 9.55 Å². The second kappa shape index (κ2) is 4.57. The lowest BCUT2D eigenvalue weighted by Crippen LogP contribution is -1.97. The molecule has 0 bridgehead atoms. The molecular formula is C15H12FN3. The van der Waals surface area contributed by atoms with Crippen LogP contribution in [0, 0.1) is 5.82 Å². The third-order valence-electron chi connectivity index (χ3n) is 2.97. The van der Waals surface area contributed by atoms with Crippen LogP contribution in [0.25, 0.3) is 16.8 Å². The molecule has 94 valence electrons. The maximum atomic E-state index is 13.2. The van der Waals surface area contributed by atoms with E-state index in [-0.39, 0.29) is 5.82 Å². The summed E-state index contributed by atoms with van der Waals surface area (Å²) < 4.78 is 15.1. The van der Waals surface area contributed by atoms with Gasteiger partial charge in [0.25, 0.3) is 0 Å². The standard InChI is InChI=1S/C15H12FN3/c16-13-3-1-2-11(8-13)12-4-5-15(14(17)9-12)19-7-6-18-10-19/h1-10H,17H2. The van der Waals surface area contributed by atoms with Crippen molar-refractivity contribution >= 4 is 5.69 Å². The number of benzene rings is 2. The minimum atomic E-state index is -0.255. The van der Waals surface area contributed by atoms with E-state index in [1.54, 1.807) is 18.6 Å². The number of hydrogen-bond donors (Lipinski definition) is 1. The summed E-state index contributed by atoms with van der Waals surface area (Å²) in [5, 5.41) is 0. The monoisotopic (exact) mass is 253 g/mol. The van der Waals surface area contributed by atoms with E-state index in [9.17, 15) is 4.39 Å². The lowest BCUT2D eigenvalue weighted by atomic mass is 10.0. The molecule has 2 aromatic carbocycles. The fraction of sp³-hybridized carbons (Fsp3) is 0. The molecule has 0 fully saturated rings. The van der Waals surface area contributed by atoms with E-state index in [1.165, 1.54) is 12.1 Å². The molecule has 1 heterocycles. The Labute approximate surface area is 110 Å². The smallest absolute Gasteiger partial charge is 0.123 e. The average Bonchev–Trinajstić information content (AvgIpc) is 2.92. The first kappa shape index (κ1) is 11.5. The molecule has 1 aromatic heterocycles. The number of nitrogen functional groups attached to an aromatic ring is 1. The van der Waals surface area contributed by atoms with Crippen molar-refractivity contribution in [3.8, 4) is 16.8 Å². The summed E-state index contributed by atoms with van der Waals surface area (Å²) in [4.78, 5) is 3.99. The van der Waals surface area contributed by atoms with Gasteiger partial charge in [0.2, 0.25) is 0 Å². The molecule has 0 saturated carbocycles. The summed E-state index contributed by atoms with van der Waals surface area (Å²) in [5.74, 6) is -0.255. The number of aromatic nitrogens is 2. The van der Waals surface area contributed by atoms with Crippen molar-refractivity contribution < 1.29 is 4.39 Å². The highest BCUT2D eigenvalue weighted by atomic mass is 19.1. The van der Waals surface area contributed by atoms with Gasteiger partial charge in [0.1, 0.15) is 5.82 Å². The number of hydrogen-bond acceptors (Lipinski definition) is 2. The molecule has 0 atom stereocenters. The summed E-state index contributed by atoms with van der Waals surface area (Å²) >= 11 is 0. The topological polar surface area (TPSA) is 43.8 Å². The van der Waals surface area contributed by atoms with Crippen molar-refractivity contribution in [1.82, 2.24) is 9.55 Å². The van der Waals surface area contributed by atoms with Gasteiger partial charge < -0.3 is 10.3 Å². The molecule has 2 N–H and O–H groups in total. The minimum absolute atomic E-state index is 0.255. The first-order valence-electron chi connectivity index (χ1n) is 5.88. The van der Waals surface area contributed by atoms with Crippen LogP contribution in [0.3, 0.4) is 0 Å². The summed E-state index contributed by atoms with van der Waals surface area (Å²) in [6.45, 7) is 0. The van der Waals surface area contributed by atoms with Crippen molar-refractivity contribution in [3.63, 3.8) is 0 Å². The maximum absolute atomic E-state index is 13.2. The van der Waals surface area contributed by atoms with Crippen LogP contribution in [0.5, 0.6) is 0 Å². The van der Waals surface area contributed by atoms with E-state index in [0.717, 1.165) is 16.8 Å². The second-order valence-electron chi connectivity index (χ2n) is 4.25. The predicted octanol–water partition coefficient (Wildman–Crippen LogP) is 3.26. The molecule has 4 heteroatoms. The predicted molar refractivity (Wildman–Crippen MR) is 73.4 cm³/mol. The molecule has 0 aliphatic rings. The second-order valence-corrected chi connectivity index (χ2v) is 4.25. The Balaban J connectivity index is 2.05. The van der Waals surface area contributed by atoms with Gasteiger partial charge in [-0.25, -0.2) is 9.37 Å². The van der Waals surface area contributed by atoms with Gasteiger partial charge in [-0.2, -0.15) is 0 Å². The van der Waals surface area contributed by atoms with E-state index in [2.05, 4.69) is 4.98 Å². The first-order valence-corrected chi connectivity index (χ1v) is 5.88. The molecule has 0 spiro atoms. The zero-order chi connectivity index (χ0) is 13.2. The first-order chi connectivity index (χ1) is 9.24. The zero-order valence-electron chi connectivity index (χ0n) is 10.1. The molecule has 0 aliphatic carbocycles. The Kier molecular flexibility index (Phi) is 2.76. The highest BCUT2D eigenvalue weighted by Gasteiger charge is 2.05. The van der Waals surface area contributed by atoms with Gasteiger partial charge in [-0.1, -0.05) is 18.2 Å². The van der Waals surface area contributed by atoms with Gasteiger partial charge in [0, 0.05) is 12.4 Å². The van der Waals surface area contributed by atoms with Gasteiger partial charge in [-0.3, -0.25) is 0 Å². The average molecular weight is 253 g/mol. The number of nitrogens with two attached hydrogens (primary N) is 1. The van der Waals surface area contributed by atoms with Crippen LogP contribution in [0.1, 0.15) is 0 Å². The normalized spacial score (nSPS) is 10.6. The van der Waals surface area contributed by atoms with Crippen LogP contribution < -0.4 is 5.73 Å². The van der Waals surface area contributed by atoms with Gasteiger partial charge in [-0.05, 0) is 35.4 Å². The third kappa shape index (κ3) is 2.20. The Hall–Kier alpha value is -2.62. The lowest BCUT2D eigenvalue weighted by Gasteiger charge is -2.09. The third-order valence-corrected chi connectivity index (χ3v) is 2.97. The zero-order valence-corrected chi connectivity index (χ0v) is 10.1. The fourth-order valence-corrected chi connectivity index (χ4v) is 2.04. The van der Waals surface area contributed by atoms with E-state index >= 15 is 0 Å². The van der Waals surface area contributed by atoms with Gasteiger partial charge in [0.05, 0.1) is 17.7 Å². The Morgan fingerprint density at radius 1 is 1.05 bits per heavy atom. The number of nitrogens with zero attached hydrogens (tertiary/aromatic N) is 2. The Morgan fingerprint density at radius 2 is 1.89 bits per heavy atom. The molecule has 3 aromatic rings. The Bertz CT molecular complexity index is 705. The quantitative estimate of drug-likeness (QED) is 0.712. The van der Waals surface area contributed by atoms with Gasteiger partial charge >= 0.3 is 0 Å². The number of rotatable bonds is 2. The highest BCUT2D eigenvalue weighted by molar-refractivity contribution is 5.72. The van der Waals surface area contributed by atoms with Crippen molar-refractivity contribution in [2.75, 3.05) is 5.73 Å². The van der Waals surface area contributed by atoms with Crippen molar-refractivity contribution in [1.29, 1.82) is 0 Å². The molecule has 0 unspecified atom stereocenters. The van der Waals surface area contributed by atoms with Crippen LogP contribution in [-0.2, 0) is 0 Å². The van der Waals surface area contributed by atoms with Crippen molar-refractivity contribution in [2.45, 2.75) is 0 Å². The molecule has 3 rings (SSSR count). The minimum Gasteiger partial charge on any atom is -0.397 e. The summed E-state index contributed by atoms with van der Waals surface area (Å²) in [6.07, 6.45) is 5.21. The largest absolute Gasteiger partial charge is 0.397 e. The van der Waals surface area contributed by atoms with E-state index in [4.69, 9.17) is 5.73 Å². The summed E-state index contributed by atoms with van der Waals surface area (Å²) in [7, 11) is 0.